The Hall–Kier alpha value is -1.97. The zero-order valence-electron chi connectivity index (χ0n) is 8.37. The van der Waals surface area contributed by atoms with Crippen LogP contribution in [-0.4, -0.2) is 20.7 Å². The lowest BCUT2D eigenvalue weighted by atomic mass is 10.0. The van der Waals surface area contributed by atoms with Crippen LogP contribution in [0.2, 0.25) is 0 Å². The van der Waals surface area contributed by atoms with Gasteiger partial charge < -0.3 is 0 Å². The zero-order chi connectivity index (χ0) is 10.7. The first-order chi connectivity index (χ1) is 7.29. The fraction of sp³-hybridized carbons (Fsp3) is 0.182. The van der Waals surface area contributed by atoms with Gasteiger partial charge in [-0.1, -0.05) is 30.3 Å². The average Bonchev–Trinajstić information content (AvgIpc) is 2.82. The van der Waals surface area contributed by atoms with Crippen LogP contribution in [0.1, 0.15) is 23.2 Å². The van der Waals surface area contributed by atoms with Crippen molar-refractivity contribution >= 4 is 5.91 Å². The van der Waals surface area contributed by atoms with Crippen molar-refractivity contribution in [1.82, 2.24) is 14.8 Å². The first kappa shape index (κ1) is 9.58. The summed E-state index contributed by atoms with van der Waals surface area (Å²) < 4.78 is 1.26. The summed E-state index contributed by atoms with van der Waals surface area (Å²) in [5.41, 5.74) is 0.984. The van der Waals surface area contributed by atoms with Crippen LogP contribution < -0.4 is 0 Å². The maximum atomic E-state index is 11.9. The van der Waals surface area contributed by atoms with Crippen molar-refractivity contribution in [3.63, 3.8) is 0 Å². The smallest absolute Gasteiger partial charge is 0.255 e. The van der Waals surface area contributed by atoms with E-state index in [4.69, 9.17) is 0 Å². The molecule has 2 aromatic rings. The first-order valence-electron chi connectivity index (χ1n) is 4.73. The van der Waals surface area contributed by atoms with Crippen molar-refractivity contribution in [3.05, 3.63) is 48.5 Å². The minimum Gasteiger partial charge on any atom is -0.272 e. The third kappa shape index (κ3) is 1.93. The van der Waals surface area contributed by atoms with Gasteiger partial charge >= 0.3 is 0 Å². The first-order valence-corrected chi connectivity index (χ1v) is 4.73. The van der Waals surface area contributed by atoms with E-state index >= 15 is 0 Å². The summed E-state index contributed by atoms with van der Waals surface area (Å²) in [6.07, 6.45) is 2.78. The normalized spacial score (nSPS) is 12.3. The number of aromatic nitrogens is 3. The van der Waals surface area contributed by atoms with Crippen molar-refractivity contribution < 1.29 is 4.79 Å². The molecule has 1 heterocycles. The van der Waals surface area contributed by atoms with Gasteiger partial charge in [-0.3, -0.25) is 4.79 Å². The molecule has 0 aliphatic carbocycles. The molecule has 4 nitrogen and oxygen atoms in total. The molecule has 0 amide bonds. The van der Waals surface area contributed by atoms with E-state index in [0.29, 0.717) is 0 Å². The van der Waals surface area contributed by atoms with Crippen LogP contribution in [0, 0.1) is 0 Å². The highest BCUT2D eigenvalue weighted by Crippen LogP contribution is 2.15. The molecule has 1 aromatic carbocycles. The third-order valence-electron chi connectivity index (χ3n) is 2.31. The van der Waals surface area contributed by atoms with Gasteiger partial charge in [0.1, 0.15) is 12.7 Å². The van der Waals surface area contributed by atoms with Crippen LogP contribution in [0.25, 0.3) is 0 Å². The summed E-state index contributed by atoms with van der Waals surface area (Å²) in [6, 6.07) is 9.62. The summed E-state index contributed by atoms with van der Waals surface area (Å²) in [4.78, 5) is 15.6. The Morgan fingerprint density at radius 1 is 1.33 bits per heavy atom. The quantitative estimate of drug-likeness (QED) is 0.743. The number of carbonyl (C=O) groups is 1. The van der Waals surface area contributed by atoms with Gasteiger partial charge in [0, 0.05) is 0 Å². The summed E-state index contributed by atoms with van der Waals surface area (Å²) in [6.45, 7) is 1.86. The highest BCUT2D eigenvalue weighted by Gasteiger charge is 2.16. The fourth-order valence-corrected chi connectivity index (χ4v) is 1.40. The molecule has 0 fully saturated rings. The Morgan fingerprint density at radius 3 is 2.67 bits per heavy atom. The molecular formula is C11H11N3O. The van der Waals surface area contributed by atoms with Crippen LogP contribution in [0.3, 0.4) is 0 Å². The predicted octanol–water partition coefficient (Wildman–Crippen LogP) is 1.72. The van der Waals surface area contributed by atoms with E-state index < -0.39 is 0 Å². The molecule has 0 aliphatic rings. The molecule has 2 rings (SSSR count). The Morgan fingerprint density at radius 2 is 2.07 bits per heavy atom. The molecular weight excluding hydrogens is 190 g/mol. The van der Waals surface area contributed by atoms with Gasteiger partial charge in [0.2, 0.25) is 0 Å². The molecule has 1 aromatic heterocycles. The molecule has 0 radical (unpaired) electrons. The molecule has 0 unspecified atom stereocenters. The van der Waals surface area contributed by atoms with Gasteiger partial charge in [-0.2, -0.15) is 9.78 Å². The van der Waals surface area contributed by atoms with Crippen LogP contribution in [0.5, 0.6) is 0 Å². The lowest BCUT2D eigenvalue weighted by molar-refractivity contribution is 0.0868. The Balaban J connectivity index is 2.23. The van der Waals surface area contributed by atoms with Crippen molar-refractivity contribution in [2.45, 2.75) is 12.8 Å². The summed E-state index contributed by atoms with van der Waals surface area (Å²) in [5, 5.41) is 3.82. The van der Waals surface area contributed by atoms with E-state index in [1.54, 1.807) is 0 Å². The van der Waals surface area contributed by atoms with E-state index in [-0.39, 0.29) is 11.8 Å². The van der Waals surface area contributed by atoms with Crippen LogP contribution in [0.4, 0.5) is 0 Å². The predicted molar refractivity (Wildman–Crippen MR) is 55.5 cm³/mol. The van der Waals surface area contributed by atoms with Gasteiger partial charge in [0.05, 0.1) is 5.92 Å². The van der Waals surface area contributed by atoms with E-state index in [1.165, 1.54) is 17.3 Å². The Labute approximate surface area is 87.6 Å². The number of carbonyl (C=O) groups excluding carboxylic acids is 1. The lowest BCUT2D eigenvalue weighted by Crippen LogP contribution is -2.18. The molecule has 4 heteroatoms. The Bertz CT molecular complexity index is 436. The van der Waals surface area contributed by atoms with E-state index in [9.17, 15) is 4.79 Å². The molecule has 0 saturated carbocycles. The van der Waals surface area contributed by atoms with Gasteiger partial charge in [0.15, 0.2) is 0 Å². The van der Waals surface area contributed by atoms with Crippen molar-refractivity contribution in [3.8, 4) is 0 Å². The fourth-order valence-electron chi connectivity index (χ4n) is 1.40. The minimum atomic E-state index is -0.201. The number of hydrogen-bond donors (Lipinski definition) is 0. The van der Waals surface area contributed by atoms with E-state index in [2.05, 4.69) is 10.1 Å². The molecule has 1 atom stereocenters. The SMILES string of the molecule is C[C@H](C(=O)n1cncn1)c1ccccc1. The molecule has 15 heavy (non-hydrogen) atoms. The maximum absolute atomic E-state index is 11.9. The van der Waals surface area contributed by atoms with Crippen LogP contribution in [-0.2, 0) is 0 Å². The zero-order valence-corrected chi connectivity index (χ0v) is 8.37. The highest BCUT2D eigenvalue weighted by atomic mass is 16.2. The number of rotatable bonds is 2. The highest BCUT2D eigenvalue weighted by molar-refractivity contribution is 5.84. The number of nitrogens with zero attached hydrogens (tertiary/aromatic N) is 3. The molecule has 0 bridgehead atoms. The monoisotopic (exact) mass is 201 g/mol. The average molecular weight is 201 g/mol. The summed E-state index contributed by atoms with van der Waals surface area (Å²) in [5.74, 6) is -0.272. The molecule has 0 N–H and O–H groups in total. The van der Waals surface area contributed by atoms with Crippen molar-refractivity contribution in [1.29, 1.82) is 0 Å². The van der Waals surface area contributed by atoms with Crippen LogP contribution in [0.15, 0.2) is 43.0 Å². The number of hydrogen-bond acceptors (Lipinski definition) is 3. The molecule has 0 aliphatic heterocycles. The van der Waals surface area contributed by atoms with Gasteiger partial charge in [0.25, 0.3) is 5.91 Å². The molecule has 0 saturated heterocycles. The van der Waals surface area contributed by atoms with Gasteiger partial charge in [-0.05, 0) is 12.5 Å². The molecule has 0 spiro atoms. The van der Waals surface area contributed by atoms with Crippen molar-refractivity contribution in [2.24, 2.45) is 0 Å². The van der Waals surface area contributed by atoms with Crippen LogP contribution >= 0.6 is 0 Å². The third-order valence-corrected chi connectivity index (χ3v) is 2.31. The van der Waals surface area contributed by atoms with Crippen molar-refractivity contribution in [2.75, 3.05) is 0 Å². The Kier molecular flexibility index (Phi) is 2.58. The summed E-state index contributed by atoms with van der Waals surface area (Å²) >= 11 is 0. The standard InChI is InChI=1S/C11H11N3O/c1-9(10-5-3-2-4-6-10)11(15)14-8-12-7-13-14/h2-9H,1H3/t9-/m0/s1. The second kappa shape index (κ2) is 4.04. The minimum absolute atomic E-state index is 0.0706. The lowest BCUT2D eigenvalue weighted by Gasteiger charge is -2.09. The second-order valence-corrected chi connectivity index (χ2v) is 3.31. The van der Waals surface area contributed by atoms with Gasteiger partial charge in [-0.25, -0.2) is 4.98 Å². The maximum Gasteiger partial charge on any atom is 0.255 e. The largest absolute Gasteiger partial charge is 0.272 e. The topological polar surface area (TPSA) is 47.8 Å². The summed E-state index contributed by atoms with van der Waals surface area (Å²) in [7, 11) is 0. The molecule has 76 valence electrons. The van der Waals surface area contributed by atoms with Gasteiger partial charge in [-0.15, -0.1) is 0 Å². The van der Waals surface area contributed by atoms with E-state index in [1.807, 2.05) is 37.3 Å². The number of benzene rings is 1. The second-order valence-electron chi connectivity index (χ2n) is 3.31. The van der Waals surface area contributed by atoms with E-state index in [0.717, 1.165) is 5.56 Å².